The van der Waals surface area contributed by atoms with Crippen molar-refractivity contribution in [2.75, 3.05) is 20.2 Å². The number of carbonyl (C=O) groups is 1. The molecule has 0 aromatic carbocycles. The van der Waals surface area contributed by atoms with Gasteiger partial charge >= 0.3 is 5.97 Å². The van der Waals surface area contributed by atoms with Gasteiger partial charge in [0.15, 0.2) is 0 Å². The SMILES string of the molecule is COC(=O)CC(C)(N)C1CCNC1. The molecule has 0 radical (unpaired) electrons. The first-order valence-corrected chi connectivity index (χ1v) is 4.62. The Labute approximate surface area is 78.8 Å². The number of hydrogen-bond acceptors (Lipinski definition) is 4. The van der Waals surface area contributed by atoms with Crippen molar-refractivity contribution in [3.63, 3.8) is 0 Å². The lowest BCUT2D eigenvalue weighted by molar-refractivity contribution is -0.142. The van der Waals surface area contributed by atoms with Gasteiger partial charge in [0.1, 0.15) is 0 Å². The number of nitrogens with one attached hydrogen (secondary N) is 1. The number of ether oxygens (including phenoxy) is 1. The van der Waals surface area contributed by atoms with E-state index in [0.29, 0.717) is 12.3 Å². The van der Waals surface area contributed by atoms with E-state index in [4.69, 9.17) is 5.73 Å². The molecular formula is C9H18N2O2. The minimum atomic E-state index is -0.434. The van der Waals surface area contributed by atoms with E-state index in [0.717, 1.165) is 19.5 Å². The summed E-state index contributed by atoms with van der Waals surface area (Å²) in [5.41, 5.74) is 5.62. The molecule has 3 N–H and O–H groups in total. The third kappa shape index (κ3) is 2.67. The van der Waals surface area contributed by atoms with E-state index in [2.05, 4.69) is 10.1 Å². The lowest BCUT2D eigenvalue weighted by atomic mass is 9.83. The van der Waals surface area contributed by atoms with Crippen molar-refractivity contribution in [1.29, 1.82) is 0 Å². The van der Waals surface area contributed by atoms with Gasteiger partial charge in [-0.2, -0.15) is 0 Å². The third-order valence-electron chi connectivity index (χ3n) is 2.75. The van der Waals surface area contributed by atoms with Gasteiger partial charge in [0, 0.05) is 5.54 Å². The van der Waals surface area contributed by atoms with Gasteiger partial charge in [-0.3, -0.25) is 4.79 Å². The Bertz CT molecular complexity index is 186. The first-order chi connectivity index (χ1) is 6.06. The van der Waals surface area contributed by atoms with Crippen molar-refractivity contribution >= 4 is 5.97 Å². The summed E-state index contributed by atoms with van der Waals surface area (Å²) < 4.78 is 4.61. The molecule has 1 aliphatic rings. The Balaban J connectivity index is 2.48. The standard InChI is InChI=1S/C9H18N2O2/c1-9(10,5-8(12)13-2)7-3-4-11-6-7/h7,11H,3-6,10H2,1-2H3. The van der Waals surface area contributed by atoms with Crippen LogP contribution in [-0.2, 0) is 9.53 Å². The molecule has 1 heterocycles. The maximum absolute atomic E-state index is 11.1. The molecule has 1 aliphatic heterocycles. The first kappa shape index (κ1) is 10.5. The lowest BCUT2D eigenvalue weighted by Crippen LogP contribution is -2.47. The van der Waals surface area contributed by atoms with Gasteiger partial charge in [-0.1, -0.05) is 0 Å². The van der Waals surface area contributed by atoms with Crippen molar-refractivity contribution in [2.45, 2.75) is 25.3 Å². The van der Waals surface area contributed by atoms with Crippen LogP contribution in [0, 0.1) is 5.92 Å². The summed E-state index contributed by atoms with van der Waals surface area (Å²) in [7, 11) is 1.39. The average molecular weight is 186 g/mol. The fourth-order valence-corrected chi connectivity index (χ4v) is 1.75. The maximum Gasteiger partial charge on any atom is 0.307 e. The summed E-state index contributed by atoms with van der Waals surface area (Å²) in [6.07, 6.45) is 1.35. The fraction of sp³-hybridized carbons (Fsp3) is 0.889. The molecule has 0 bridgehead atoms. The first-order valence-electron chi connectivity index (χ1n) is 4.62. The lowest BCUT2D eigenvalue weighted by Gasteiger charge is -2.29. The largest absolute Gasteiger partial charge is 0.469 e. The minimum absolute atomic E-state index is 0.225. The van der Waals surface area contributed by atoms with Crippen LogP contribution in [0.4, 0.5) is 0 Å². The number of esters is 1. The topological polar surface area (TPSA) is 64.3 Å². The van der Waals surface area contributed by atoms with Gasteiger partial charge in [0.05, 0.1) is 13.5 Å². The van der Waals surface area contributed by atoms with Crippen LogP contribution in [0.2, 0.25) is 0 Å². The van der Waals surface area contributed by atoms with E-state index in [9.17, 15) is 4.79 Å². The van der Waals surface area contributed by atoms with Crippen molar-refractivity contribution in [2.24, 2.45) is 11.7 Å². The Morgan fingerprint density at radius 2 is 2.46 bits per heavy atom. The molecule has 1 rings (SSSR count). The molecule has 0 aromatic heterocycles. The van der Waals surface area contributed by atoms with E-state index < -0.39 is 5.54 Å². The average Bonchev–Trinajstić information content (AvgIpc) is 2.55. The van der Waals surface area contributed by atoms with Gasteiger partial charge < -0.3 is 15.8 Å². The van der Waals surface area contributed by atoms with Crippen LogP contribution in [0.25, 0.3) is 0 Å². The van der Waals surface area contributed by atoms with Gasteiger partial charge in [-0.05, 0) is 32.4 Å². The number of rotatable bonds is 3. The molecule has 4 heteroatoms. The second-order valence-corrected chi connectivity index (χ2v) is 3.95. The molecule has 2 atom stereocenters. The number of nitrogens with two attached hydrogens (primary N) is 1. The maximum atomic E-state index is 11.1. The second kappa shape index (κ2) is 4.07. The van der Waals surface area contributed by atoms with Crippen molar-refractivity contribution in [1.82, 2.24) is 5.32 Å². The monoisotopic (exact) mass is 186 g/mol. The highest BCUT2D eigenvalue weighted by Gasteiger charge is 2.34. The summed E-state index contributed by atoms with van der Waals surface area (Å²) in [4.78, 5) is 11.1. The fourth-order valence-electron chi connectivity index (χ4n) is 1.75. The molecule has 76 valence electrons. The molecule has 13 heavy (non-hydrogen) atoms. The zero-order valence-corrected chi connectivity index (χ0v) is 8.30. The third-order valence-corrected chi connectivity index (χ3v) is 2.75. The minimum Gasteiger partial charge on any atom is -0.469 e. The van der Waals surface area contributed by atoms with E-state index in [-0.39, 0.29) is 5.97 Å². The van der Waals surface area contributed by atoms with Gasteiger partial charge in [0.2, 0.25) is 0 Å². The van der Waals surface area contributed by atoms with Crippen LogP contribution in [0.15, 0.2) is 0 Å². The number of hydrogen-bond donors (Lipinski definition) is 2. The summed E-state index contributed by atoms with van der Waals surface area (Å²) >= 11 is 0. The van der Waals surface area contributed by atoms with Crippen molar-refractivity contribution < 1.29 is 9.53 Å². The highest BCUT2D eigenvalue weighted by molar-refractivity contribution is 5.70. The number of carbonyl (C=O) groups excluding carboxylic acids is 1. The highest BCUT2D eigenvalue weighted by atomic mass is 16.5. The predicted molar refractivity (Wildman–Crippen MR) is 50.2 cm³/mol. The Kier molecular flexibility index (Phi) is 3.27. The molecule has 4 nitrogen and oxygen atoms in total. The summed E-state index contributed by atoms with van der Waals surface area (Å²) in [5, 5.41) is 3.24. The van der Waals surface area contributed by atoms with Gasteiger partial charge in [0.25, 0.3) is 0 Å². The highest BCUT2D eigenvalue weighted by Crippen LogP contribution is 2.24. The molecule has 0 aromatic rings. The normalized spacial score (nSPS) is 26.8. The molecule has 0 amide bonds. The molecule has 0 spiro atoms. The second-order valence-electron chi connectivity index (χ2n) is 3.95. The summed E-state index contributed by atoms with van der Waals surface area (Å²) in [6.45, 7) is 3.82. The smallest absolute Gasteiger partial charge is 0.307 e. The van der Waals surface area contributed by atoms with E-state index in [1.807, 2.05) is 6.92 Å². The Hall–Kier alpha value is -0.610. The zero-order valence-electron chi connectivity index (χ0n) is 8.30. The molecule has 0 saturated carbocycles. The summed E-state index contributed by atoms with van der Waals surface area (Å²) in [5.74, 6) is 0.156. The van der Waals surface area contributed by atoms with Crippen LogP contribution in [0.3, 0.4) is 0 Å². The molecule has 1 fully saturated rings. The predicted octanol–water partition coefficient (Wildman–Crippen LogP) is -0.124. The van der Waals surface area contributed by atoms with Crippen LogP contribution in [0.5, 0.6) is 0 Å². The van der Waals surface area contributed by atoms with Crippen molar-refractivity contribution in [3.05, 3.63) is 0 Å². The summed E-state index contributed by atoms with van der Waals surface area (Å²) in [6, 6.07) is 0. The Morgan fingerprint density at radius 1 is 1.77 bits per heavy atom. The number of methoxy groups -OCH3 is 1. The van der Waals surface area contributed by atoms with E-state index in [1.165, 1.54) is 7.11 Å². The molecule has 2 unspecified atom stereocenters. The van der Waals surface area contributed by atoms with Gasteiger partial charge in [-0.25, -0.2) is 0 Å². The quantitative estimate of drug-likeness (QED) is 0.603. The van der Waals surface area contributed by atoms with Gasteiger partial charge in [-0.15, -0.1) is 0 Å². The Morgan fingerprint density at radius 3 is 2.92 bits per heavy atom. The zero-order chi connectivity index (χ0) is 9.90. The van der Waals surface area contributed by atoms with E-state index in [1.54, 1.807) is 0 Å². The van der Waals surface area contributed by atoms with Crippen LogP contribution >= 0.6 is 0 Å². The van der Waals surface area contributed by atoms with Crippen LogP contribution in [0.1, 0.15) is 19.8 Å². The van der Waals surface area contributed by atoms with Crippen LogP contribution < -0.4 is 11.1 Å². The molecule has 1 saturated heterocycles. The molecular weight excluding hydrogens is 168 g/mol. The van der Waals surface area contributed by atoms with E-state index >= 15 is 0 Å². The van der Waals surface area contributed by atoms with Crippen LogP contribution in [-0.4, -0.2) is 31.7 Å². The molecule has 0 aliphatic carbocycles. The van der Waals surface area contributed by atoms with Crippen molar-refractivity contribution in [3.8, 4) is 0 Å².